The summed E-state index contributed by atoms with van der Waals surface area (Å²) < 4.78 is 0. The molecule has 19 heavy (non-hydrogen) atoms. The van der Waals surface area contributed by atoms with Crippen molar-refractivity contribution in [3.8, 4) is 0 Å². The van der Waals surface area contributed by atoms with Gasteiger partial charge in [0.2, 0.25) is 0 Å². The number of aromatic amines is 1. The number of aromatic nitrogens is 2. The first kappa shape index (κ1) is 13.8. The number of hydrogen-bond donors (Lipinski definition) is 1. The largest absolute Gasteiger partial charge is 0.281 e. The van der Waals surface area contributed by atoms with Gasteiger partial charge < -0.3 is 0 Å². The molecule has 3 nitrogen and oxygen atoms in total. The highest BCUT2D eigenvalue weighted by Crippen LogP contribution is 2.28. The van der Waals surface area contributed by atoms with Crippen LogP contribution >= 0.6 is 11.6 Å². The molecule has 0 atom stereocenters. The number of nitrogens with zero attached hydrogens (tertiary/aromatic N) is 1. The second-order valence-corrected chi connectivity index (χ2v) is 5.96. The van der Waals surface area contributed by atoms with Crippen LogP contribution in [-0.2, 0) is 11.8 Å². The molecule has 0 aliphatic rings. The van der Waals surface area contributed by atoms with Crippen molar-refractivity contribution in [3.63, 3.8) is 0 Å². The summed E-state index contributed by atoms with van der Waals surface area (Å²) in [5.74, 6) is 0. The Morgan fingerprint density at radius 3 is 2.42 bits per heavy atom. The van der Waals surface area contributed by atoms with Gasteiger partial charge in [-0.15, -0.1) is 0 Å². The van der Waals surface area contributed by atoms with Crippen molar-refractivity contribution in [2.24, 2.45) is 0 Å². The summed E-state index contributed by atoms with van der Waals surface area (Å²) in [4.78, 5) is 11.5. The molecule has 0 aliphatic carbocycles. The third kappa shape index (κ3) is 3.04. The molecule has 0 unspecified atom stereocenters. The molecule has 0 saturated carbocycles. The lowest BCUT2D eigenvalue weighted by atomic mass is 9.87. The first-order valence-corrected chi connectivity index (χ1v) is 6.59. The Morgan fingerprint density at radius 1 is 1.26 bits per heavy atom. The highest BCUT2D eigenvalue weighted by atomic mass is 35.5. The molecule has 0 saturated heterocycles. The van der Waals surface area contributed by atoms with E-state index in [1.165, 1.54) is 0 Å². The van der Waals surface area contributed by atoms with E-state index in [2.05, 4.69) is 31.0 Å². The van der Waals surface area contributed by atoms with Gasteiger partial charge in [0.1, 0.15) is 5.69 Å². The number of carbonyl (C=O) groups excluding carboxylic acids is 1. The minimum Gasteiger partial charge on any atom is -0.281 e. The second-order valence-electron chi connectivity index (χ2n) is 5.61. The molecule has 1 aromatic carbocycles. The minimum atomic E-state index is -0.516. The topological polar surface area (TPSA) is 45.8 Å². The summed E-state index contributed by atoms with van der Waals surface area (Å²) >= 11 is 5.62. The summed E-state index contributed by atoms with van der Waals surface area (Å²) in [5.41, 5.74) is 3.20. The van der Waals surface area contributed by atoms with E-state index in [4.69, 9.17) is 11.6 Å². The van der Waals surface area contributed by atoms with E-state index in [-0.39, 0.29) is 5.41 Å². The molecule has 0 fully saturated rings. The molecule has 1 N–H and O–H groups in total. The lowest BCUT2D eigenvalue weighted by molar-refractivity contribution is 0.107. The molecule has 0 spiro atoms. The Labute approximate surface area is 118 Å². The Balaban J connectivity index is 2.47. The molecule has 4 heteroatoms. The molecular formula is C15H17ClN2O. The van der Waals surface area contributed by atoms with Gasteiger partial charge in [-0.3, -0.25) is 9.89 Å². The number of rotatable bonds is 3. The highest BCUT2D eigenvalue weighted by molar-refractivity contribution is 6.67. The van der Waals surface area contributed by atoms with Crippen LogP contribution in [0.3, 0.4) is 0 Å². The van der Waals surface area contributed by atoms with Crippen molar-refractivity contribution >= 4 is 16.8 Å². The molecule has 1 heterocycles. The number of nitrogens with one attached hydrogen (secondary N) is 1. The molecule has 1 aromatic heterocycles. The molecule has 0 amide bonds. The van der Waals surface area contributed by atoms with Gasteiger partial charge in [-0.05, 0) is 17.2 Å². The van der Waals surface area contributed by atoms with Crippen molar-refractivity contribution in [1.29, 1.82) is 0 Å². The fraction of sp³-hybridized carbons (Fsp3) is 0.333. The second kappa shape index (κ2) is 5.17. The predicted molar refractivity (Wildman–Crippen MR) is 76.7 cm³/mol. The first-order chi connectivity index (χ1) is 8.89. The zero-order valence-corrected chi connectivity index (χ0v) is 12.1. The van der Waals surface area contributed by atoms with Crippen LogP contribution in [0.25, 0.3) is 0 Å². The molecule has 0 radical (unpaired) electrons. The zero-order chi connectivity index (χ0) is 14.0. The molecule has 0 bridgehead atoms. The van der Waals surface area contributed by atoms with E-state index in [1.807, 2.05) is 30.3 Å². The van der Waals surface area contributed by atoms with Gasteiger partial charge in [0.05, 0.1) is 0 Å². The Bertz CT molecular complexity index is 582. The Morgan fingerprint density at radius 2 is 1.89 bits per heavy atom. The van der Waals surface area contributed by atoms with E-state index >= 15 is 0 Å². The average Bonchev–Trinajstić information content (AvgIpc) is 2.74. The number of benzene rings is 1. The lowest BCUT2D eigenvalue weighted by Gasteiger charge is -2.18. The maximum absolute atomic E-state index is 11.5. The van der Waals surface area contributed by atoms with Crippen LogP contribution in [0.2, 0.25) is 0 Å². The average molecular weight is 277 g/mol. The number of carbonyl (C=O) groups is 1. The van der Waals surface area contributed by atoms with Gasteiger partial charge in [0.15, 0.2) is 0 Å². The van der Waals surface area contributed by atoms with Crippen LogP contribution in [0, 0.1) is 0 Å². The van der Waals surface area contributed by atoms with E-state index in [0.717, 1.165) is 16.8 Å². The summed E-state index contributed by atoms with van der Waals surface area (Å²) in [5, 5.41) is 6.52. The van der Waals surface area contributed by atoms with Crippen LogP contribution in [0.5, 0.6) is 0 Å². The maximum atomic E-state index is 11.5. The van der Waals surface area contributed by atoms with Gasteiger partial charge >= 0.3 is 0 Å². The van der Waals surface area contributed by atoms with Crippen molar-refractivity contribution < 1.29 is 4.79 Å². The number of hydrogen-bond acceptors (Lipinski definition) is 2. The predicted octanol–water partition coefficient (Wildman–Crippen LogP) is 3.68. The van der Waals surface area contributed by atoms with Crippen molar-refractivity contribution in [2.75, 3.05) is 0 Å². The molecule has 0 aliphatic heterocycles. The fourth-order valence-corrected chi connectivity index (χ4v) is 2.28. The molecule has 100 valence electrons. The van der Waals surface area contributed by atoms with Gasteiger partial charge in [-0.1, -0.05) is 51.1 Å². The number of halogens is 1. The van der Waals surface area contributed by atoms with Crippen molar-refractivity contribution in [2.45, 2.75) is 32.6 Å². The normalized spacial score (nSPS) is 11.6. The van der Waals surface area contributed by atoms with Gasteiger partial charge in [-0.25, -0.2) is 0 Å². The van der Waals surface area contributed by atoms with Gasteiger partial charge in [0.25, 0.3) is 5.24 Å². The highest BCUT2D eigenvalue weighted by Gasteiger charge is 2.25. The zero-order valence-electron chi connectivity index (χ0n) is 11.3. The summed E-state index contributed by atoms with van der Waals surface area (Å²) in [7, 11) is 0. The van der Waals surface area contributed by atoms with E-state index in [1.54, 1.807) is 0 Å². The summed E-state index contributed by atoms with van der Waals surface area (Å²) in [6, 6.07) is 9.99. The molecule has 2 aromatic rings. The van der Waals surface area contributed by atoms with E-state index in [0.29, 0.717) is 12.1 Å². The van der Waals surface area contributed by atoms with E-state index in [9.17, 15) is 4.79 Å². The third-order valence-corrected chi connectivity index (χ3v) is 3.21. The third-order valence-electron chi connectivity index (χ3n) is 3.03. The SMILES string of the molecule is CC(C)(C)c1[nH]nc(C(=O)Cl)c1Cc1ccccc1. The van der Waals surface area contributed by atoms with Crippen LogP contribution in [0.15, 0.2) is 30.3 Å². The van der Waals surface area contributed by atoms with Crippen LogP contribution in [0.1, 0.15) is 48.1 Å². The molecular weight excluding hydrogens is 260 g/mol. The van der Waals surface area contributed by atoms with Crippen LogP contribution in [0.4, 0.5) is 0 Å². The fourth-order valence-electron chi connectivity index (χ4n) is 2.12. The monoisotopic (exact) mass is 276 g/mol. The molecule has 2 rings (SSSR count). The quantitative estimate of drug-likeness (QED) is 0.869. The first-order valence-electron chi connectivity index (χ1n) is 6.21. The summed E-state index contributed by atoms with van der Waals surface area (Å²) in [6.45, 7) is 6.24. The van der Waals surface area contributed by atoms with Crippen LogP contribution < -0.4 is 0 Å². The standard InChI is InChI=1S/C15H17ClN2O/c1-15(2,3)13-11(12(14(16)19)17-18-13)9-10-7-5-4-6-8-10/h4-8H,9H2,1-3H3,(H,17,18). The smallest absolute Gasteiger partial charge is 0.273 e. The summed E-state index contributed by atoms with van der Waals surface area (Å²) in [6.07, 6.45) is 0.651. The maximum Gasteiger partial charge on any atom is 0.273 e. The van der Waals surface area contributed by atoms with Crippen molar-refractivity contribution in [1.82, 2.24) is 10.2 Å². The Kier molecular flexibility index (Phi) is 3.76. The van der Waals surface area contributed by atoms with Crippen LogP contribution in [-0.4, -0.2) is 15.4 Å². The van der Waals surface area contributed by atoms with E-state index < -0.39 is 5.24 Å². The van der Waals surface area contributed by atoms with Gasteiger partial charge in [0, 0.05) is 23.1 Å². The van der Waals surface area contributed by atoms with Crippen molar-refractivity contribution in [3.05, 3.63) is 52.8 Å². The lowest BCUT2D eigenvalue weighted by Crippen LogP contribution is -2.15. The minimum absolute atomic E-state index is 0.109. The Hall–Kier alpha value is -1.61. The van der Waals surface area contributed by atoms with Gasteiger partial charge in [-0.2, -0.15) is 5.10 Å². The number of H-pyrrole nitrogens is 1.